The molecule has 0 bridgehead atoms. The van der Waals surface area contributed by atoms with E-state index in [-0.39, 0.29) is 12.5 Å². The Balaban J connectivity index is 2.04. The Morgan fingerprint density at radius 2 is 1.72 bits per heavy atom. The van der Waals surface area contributed by atoms with Crippen molar-refractivity contribution >= 4 is 23.5 Å². The molecule has 0 heterocycles. The van der Waals surface area contributed by atoms with Crippen LogP contribution in [0.1, 0.15) is 35.3 Å². The summed E-state index contributed by atoms with van der Waals surface area (Å²) >= 11 is 6.04. The Bertz CT molecular complexity index is 758. The van der Waals surface area contributed by atoms with Gasteiger partial charge in [0.15, 0.2) is 0 Å². The first kappa shape index (κ1) is 19.0. The highest BCUT2D eigenvalue weighted by Gasteiger charge is 2.26. The van der Waals surface area contributed by atoms with E-state index in [0.29, 0.717) is 10.6 Å². The van der Waals surface area contributed by atoms with Crippen LogP contribution in [0.2, 0.25) is 5.02 Å². The van der Waals surface area contributed by atoms with Gasteiger partial charge in [0.05, 0.1) is 10.6 Å². The van der Waals surface area contributed by atoms with Gasteiger partial charge in [0, 0.05) is 0 Å². The van der Waals surface area contributed by atoms with Crippen LogP contribution in [0.15, 0.2) is 48.5 Å². The number of ether oxygens (including phenoxy) is 1. The van der Waals surface area contributed by atoms with Gasteiger partial charge >= 0.3 is 5.97 Å². The van der Waals surface area contributed by atoms with Gasteiger partial charge in [-0.3, -0.25) is 4.79 Å². The molecule has 0 aliphatic heterocycles. The number of benzene rings is 2. The SMILES string of the molecule is Cc1ccccc1COC(=O)[C@@H](NC(=O)c1ccccc1Cl)C(C)C. The van der Waals surface area contributed by atoms with E-state index in [1.807, 2.05) is 45.0 Å². The zero-order valence-corrected chi connectivity index (χ0v) is 15.3. The van der Waals surface area contributed by atoms with Crippen LogP contribution < -0.4 is 5.32 Å². The molecule has 0 fully saturated rings. The van der Waals surface area contributed by atoms with Gasteiger partial charge < -0.3 is 10.1 Å². The van der Waals surface area contributed by atoms with Crippen molar-refractivity contribution in [2.75, 3.05) is 0 Å². The minimum absolute atomic E-state index is 0.115. The van der Waals surface area contributed by atoms with Crippen molar-refractivity contribution in [3.8, 4) is 0 Å². The lowest BCUT2D eigenvalue weighted by Crippen LogP contribution is -2.45. The second-order valence-electron chi connectivity index (χ2n) is 6.21. The highest BCUT2D eigenvalue weighted by molar-refractivity contribution is 6.33. The molecule has 0 saturated heterocycles. The number of aryl methyl sites for hydroxylation is 1. The van der Waals surface area contributed by atoms with Crippen LogP contribution in [0.4, 0.5) is 0 Å². The van der Waals surface area contributed by atoms with E-state index >= 15 is 0 Å². The molecule has 1 atom stereocenters. The number of amides is 1. The molecule has 1 N–H and O–H groups in total. The van der Waals surface area contributed by atoms with Gasteiger partial charge in [0.2, 0.25) is 0 Å². The Labute approximate surface area is 153 Å². The van der Waals surface area contributed by atoms with Crippen molar-refractivity contribution in [1.29, 1.82) is 0 Å². The summed E-state index contributed by atoms with van der Waals surface area (Å²) in [5, 5.41) is 3.07. The van der Waals surface area contributed by atoms with E-state index < -0.39 is 17.9 Å². The second-order valence-corrected chi connectivity index (χ2v) is 6.62. The van der Waals surface area contributed by atoms with E-state index in [9.17, 15) is 9.59 Å². The van der Waals surface area contributed by atoms with Crippen molar-refractivity contribution in [2.24, 2.45) is 5.92 Å². The molecule has 25 heavy (non-hydrogen) atoms. The minimum Gasteiger partial charge on any atom is -0.459 e. The summed E-state index contributed by atoms with van der Waals surface area (Å²) in [4.78, 5) is 24.9. The highest BCUT2D eigenvalue weighted by atomic mass is 35.5. The zero-order valence-electron chi connectivity index (χ0n) is 14.6. The highest BCUT2D eigenvalue weighted by Crippen LogP contribution is 2.16. The van der Waals surface area contributed by atoms with Crippen molar-refractivity contribution in [2.45, 2.75) is 33.4 Å². The van der Waals surface area contributed by atoms with Crippen LogP contribution in [0.5, 0.6) is 0 Å². The Kier molecular flexibility index (Phi) is 6.59. The summed E-state index contributed by atoms with van der Waals surface area (Å²) in [6.07, 6.45) is 0. The third kappa shape index (κ3) is 5.07. The molecule has 132 valence electrons. The number of rotatable bonds is 6. The third-order valence-corrected chi connectivity index (χ3v) is 4.29. The maximum atomic E-state index is 12.5. The summed E-state index contributed by atoms with van der Waals surface area (Å²) in [6.45, 7) is 5.85. The lowest BCUT2D eigenvalue weighted by molar-refractivity contribution is -0.148. The van der Waals surface area contributed by atoms with Gasteiger partial charge in [-0.15, -0.1) is 0 Å². The summed E-state index contributed by atoms with van der Waals surface area (Å²) in [7, 11) is 0. The number of halogens is 1. The first-order valence-electron chi connectivity index (χ1n) is 8.16. The molecular formula is C20H22ClNO3. The molecule has 1 amide bonds. The summed E-state index contributed by atoms with van der Waals surface area (Å²) in [6, 6.07) is 13.7. The van der Waals surface area contributed by atoms with Gasteiger partial charge in [0.25, 0.3) is 5.91 Å². The molecule has 5 heteroatoms. The maximum absolute atomic E-state index is 12.5. The summed E-state index contributed by atoms with van der Waals surface area (Å²) in [5.74, 6) is -0.966. The predicted molar refractivity (Wildman–Crippen MR) is 98.5 cm³/mol. The van der Waals surface area contributed by atoms with Crippen LogP contribution in [0.25, 0.3) is 0 Å². The van der Waals surface area contributed by atoms with Crippen LogP contribution in [0, 0.1) is 12.8 Å². The third-order valence-electron chi connectivity index (χ3n) is 3.96. The molecule has 0 saturated carbocycles. The lowest BCUT2D eigenvalue weighted by atomic mass is 10.0. The average Bonchev–Trinajstić information content (AvgIpc) is 2.58. The topological polar surface area (TPSA) is 55.4 Å². The number of esters is 1. The van der Waals surface area contributed by atoms with E-state index in [1.54, 1.807) is 24.3 Å². The summed E-state index contributed by atoms with van der Waals surface area (Å²) in [5.41, 5.74) is 2.33. The Morgan fingerprint density at radius 3 is 2.36 bits per heavy atom. The fraction of sp³-hybridized carbons (Fsp3) is 0.300. The first-order chi connectivity index (χ1) is 11.9. The number of carbonyl (C=O) groups excluding carboxylic acids is 2. The zero-order chi connectivity index (χ0) is 18.4. The molecule has 0 aliphatic carbocycles. The second kappa shape index (κ2) is 8.67. The molecule has 2 aromatic rings. The molecular weight excluding hydrogens is 338 g/mol. The molecule has 0 radical (unpaired) electrons. The number of hydrogen-bond donors (Lipinski definition) is 1. The number of hydrogen-bond acceptors (Lipinski definition) is 3. The number of carbonyl (C=O) groups is 2. The van der Waals surface area contributed by atoms with Crippen molar-refractivity contribution < 1.29 is 14.3 Å². The fourth-order valence-electron chi connectivity index (χ4n) is 2.37. The summed E-state index contributed by atoms with van der Waals surface area (Å²) < 4.78 is 5.41. The van der Waals surface area contributed by atoms with Crippen molar-refractivity contribution in [3.05, 3.63) is 70.2 Å². The largest absolute Gasteiger partial charge is 0.459 e. The normalized spacial score (nSPS) is 11.9. The first-order valence-corrected chi connectivity index (χ1v) is 8.54. The van der Waals surface area contributed by atoms with E-state index in [1.165, 1.54) is 0 Å². The van der Waals surface area contributed by atoms with E-state index in [2.05, 4.69) is 5.32 Å². The maximum Gasteiger partial charge on any atom is 0.329 e. The molecule has 0 spiro atoms. The molecule has 2 rings (SSSR count). The standard InChI is InChI=1S/C20H22ClNO3/c1-13(2)18(22-19(23)16-10-6-7-11-17(16)21)20(24)25-12-15-9-5-4-8-14(15)3/h4-11,13,18H,12H2,1-3H3,(H,22,23)/t18-/m0/s1. The molecule has 0 unspecified atom stereocenters. The van der Waals surface area contributed by atoms with Gasteiger partial charge in [-0.05, 0) is 36.1 Å². The van der Waals surface area contributed by atoms with E-state index in [0.717, 1.165) is 11.1 Å². The smallest absolute Gasteiger partial charge is 0.329 e. The number of nitrogens with one attached hydrogen (secondary N) is 1. The molecule has 2 aromatic carbocycles. The van der Waals surface area contributed by atoms with E-state index in [4.69, 9.17) is 16.3 Å². The molecule has 4 nitrogen and oxygen atoms in total. The van der Waals surface area contributed by atoms with Crippen LogP contribution >= 0.6 is 11.6 Å². The average molecular weight is 360 g/mol. The van der Waals surface area contributed by atoms with Gasteiger partial charge in [-0.1, -0.05) is 61.8 Å². The van der Waals surface area contributed by atoms with Crippen LogP contribution in [0.3, 0.4) is 0 Å². The van der Waals surface area contributed by atoms with Crippen LogP contribution in [-0.2, 0) is 16.1 Å². The quantitative estimate of drug-likeness (QED) is 0.788. The van der Waals surface area contributed by atoms with Gasteiger partial charge in [-0.25, -0.2) is 4.79 Å². The monoisotopic (exact) mass is 359 g/mol. The van der Waals surface area contributed by atoms with Gasteiger partial charge in [0.1, 0.15) is 12.6 Å². The van der Waals surface area contributed by atoms with Crippen LogP contribution in [-0.4, -0.2) is 17.9 Å². The Morgan fingerprint density at radius 1 is 1.08 bits per heavy atom. The minimum atomic E-state index is -0.743. The molecule has 0 aliphatic rings. The predicted octanol–water partition coefficient (Wildman–Crippen LogP) is 4.15. The van der Waals surface area contributed by atoms with Crippen molar-refractivity contribution in [1.82, 2.24) is 5.32 Å². The molecule has 0 aromatic heterocycles. The van der Waals surface area contributed by atoms with Crippen molar-refractivity contribution in [3.63, 3.8) is 0 Å². The fourth-order valence-corrected chi connectivity index (χ4v) is 2.59. The Hall–Kier alpha value is -2.33. The van der Waals surface area contributed by atoms with Gasteiger partial charge in [-0.2, -0.15) is 0 Å². The lowest BCUT2D eigenvalue weighted by Gasteiger charge is -2.21.